The topological polar surface area (TPSA) is 35.0 Å². The van der Waals surface area contributed by atoms with Crippen molar-refractivity contribution < 1.29 is 4.74 Å². The van der Waals surface area contributed by atoms with Gasteiger partial charge < -0.3 is 4.74 Å². The smallest absolute Gasteiger partial charge is 0.115 e. The molecule has 1 heterocycles. The highest BCUT2D eigenvalue weighted by Gasteiger charge is 1.94. The second-order valence-corrected chi connectivity index (χ2v) is 3.53. The van der Waals surface area contributed by atoms with Gasteiger partial charge in [0.05, 0.1) is 13.2 Å². The average molecular weight is 214 g/mol. The number of nitrogens with zero attached hydrogens (tertiary/aromatic N) is 2. The fourth-order valence-corrected chi connectivity index (χ4v) is 1.41. The predicted octanol–water partition coefficient (Wildman–Crippen LogP) is 2.24. The molecule has 16 heavy (non-hydrogen) atoms. The minimum absolute atomic E-state index is 0.661. The standard InChI is InChI=1S/C13H14N2O/c1-2-4-12(5-3-1)10-16-7-6-13-8-14-11-15-9-13/h1-5,8-9,11H,6-7,10H2. The zero-order valence-corrected chi connectivity index (χ0v) is 9.04. The summed E-state index contributed by atoms with van der Waals surface area (Å²) in [5.41, 5.74) is 2.31. The Morgan fingerprint density at radius 2 is 1.69 bits per heavy atom. The van der Waals surface area contributed by atoms with Gasteiger partial charge in [-0.1, -0.05) is 30.3 Å². The summed E-state index contributed by atoms with van der Waals surface area (Å²) in [6, 6.07) is 10.2. The van der Waals surface area contributed by atoms with E-state index < -0.39 is 0 Å². The fraction of sp³-hybridized carbons (Fsp3) is 0.231. The van der Waals surface area contributed by atoms with E-state index in [4.69, 9.17) is 4.74 Å². The first-order valence-electron chi connectivity index (χ1n) is 5.31. The molecule has 0 radical (unpaired) electrons. The van der Waals surface area contributed by atoms with E-state index >= 15 is 0 Å². The van der Waals surface area contributed by atoms with Crippen LogP contribution in [0.4, 0.5) is 0 Å². The molecule has 0 amide bonds. The molecule has 2 rings (SSSR count). The molecule has 3 heteroatoms. The Labute approximate surface area is 95.1 Å². The molecule has 1 aromatic heterocycles. The third-order valence-corrected chi connectivity index (χ3v) is 2.26. The molecule has 0 fully saturated rings. The highest BCUT2D eigenvalue weighted by atomic mass is 16.5. The monoisotopic (exact) mass is 214 g/mol. The maximum absolute atomic E-state index is 5.57. The van der Waals surface area contributed by atoms with E-state index in [-0.39, 0.29) is 0 Å². The van der Waals surface area contributed by atoms with Gasteiger partial charge in [-0.15, -0.1) is 0 Å². The summed E-state index contributed by atoms with van der Waals surface area (Å²) in [6.07, 6.45) is 6.03. The molecule has 1 aromatic carbocycles. The summed E-state index contributed by atoms with van der Waals surface area (Å²) in [5.74, 6) is 0. The molecular weight excluding hydrogens is 200 g/mol. The van der Waals surface area contributed by atoms with Gasteiger partial charge in [0, 0.05) is 12.4 Å². The van der Waals surface area contributed by atoms with Gasteiger partial charge in [-0.2, -0.15) is 0 Å². The van der Waals surface area contributed by atoms with Crippen molar-refractivity contribution in [1.82, 2.24) is 9.97 Å². The molecule has 3 nitrogen and oxygen atoms in total. The average Bonchev–Trinajstić information content (AvgIpc) is 2.37. The van der Waals surface area contributed by atoms with Crippen LogP contribution in [0, 0.1) is 0 Å². The van der Waals surface area contributed by atoms with Gasteiger partial charge in [-0.05, 0) is 17.5 Å². The fourth-order valence-electron chi connectivity index (χ4n) is 1.41. The Morgan fingerprint density at radius 1 is 0.938 bits per heavy atom. The number of hydrogen-bond acceptors (Lipinski definition) is 3. The second kappa shape index (κ2) is 5.98. The quantitative estimate of drug-likeness (QED) is 0.716. The van der Waals surface area contributed by atoms with Crippen LogP contribution in [0.25, 0.3) is 0 Å². The number of rotatable bonds is 5. The lowest BCUT2D eigenvalue weighted by Gasteiger charge is -2.03. The normalized spacial score (nSPS) is 10.2. The van der Waals surface area contributed by atoms with Crippen LogP contribution in [0.1, 0.15) is 11.1 Å². The van der Waals surface area contributed by atoms with E-state index in [0.29, 0.717) is 13.2 Å². The van der Waals surface area contributed by atoms with Crippen LogP contribution < -0.4 is 0 Å². The van der Waals surface area contributed by atoms with Crippen molar-refractivity contribution in [2.24, 2.45) is 0 Å². The van der Waals surface area contributed by atoms with E-state index in [1.807, 2.05) is 30.6 Å². The zero-order valence-electron chi connectivity index (χ0n) is 9.04. The van der Waals surface area contributed by atoms with Crippen molar-refractivity contribution in [2.45, 2.75) is 13.0 Å². The molecule has 0 bridgehead atoms. The molecule has 0 aliphatic carbocycles. The maximum Gasteiger partial charge on any atom is 0.115 e. The Balaban J connectivity index is 1.70. The summed E-state index contributed by atoms with van der Waals surface area (Å²) in [4.78, 5) is 7.91. The first kappa shape index (κ1) is 10.8. The van der Waals surface area contributed by atoms with Crippen LogP contribution in [0.15, 0.2) is 49.1 Å². The Morgan fingerprint density at radius 3 is 2.44 bits per heavy atom. The molecule has 0 unspecified atom stereocenters. The van der Waals surface area contributed by atoms with E-state index in [9.17, 15) is 0 Å². The van der Waals surface area contributed by atoms with E-state index in [1.54, 1.807) is 0 Å². The summed E-state index contributed by atoms with van der Waals surface area (Å²) in [6.45, 7) is 1.36. The number of ether oxygens (including phenoxy) is 1. The first-order chi connectivity index (χ1) is 7.95. The molecule has 2 aromatic rings. The van der Waals surface area contributed by atoms with E-state index in [2.05, 4.69) is 22.1 Å². The second-order valence-electron chi connectivity index (χ2n) is 3.53. The Kier molecular flexibility index (Phi) is 4.02. The SMILES string of the molecule is c1ccc(COCCc2cncnc2)cc1. The van der Waals surface area contributed by atoms with Crippen LogP contribution in [-0.4, -0.2) is 16.6 Å². The van der Waals surface area contributed by atoms with Crippen LogP contribution in [-0.2, 0) is 17.8 Å². The van der Waals surface area contributed by atoms with Gasteiger partial charge >= 0.3 is 0 Å². The minimum Gasteiger partial charge on any atom is -0.376 e. The molecule has 0 saturated heterocycles. The Bertz CT molecular complexity index is 361. The zero-order chi connectivity index (χ0) is 11.1. The third kappa shape index (κ3) is 3.44. The highest BCUT2D eigenvalue weighted by molar-refractivity contribution is 5.13. The van der Waals surface area contributed by atoms with Gasteiger partial charge in [0.25, 0.3) is 0 Å². The molecule has 0 aliphatic heterocycles. The van der Waals surface area contributed by atoms with Crippen molar-refractivity contribution in [2.75, 3.05) is 6.61 Å². The van der Waals surface area contributed by atoms with E-state index in [0.717, 1.165) is 12.0 Å². The first-order valence-corrected chi connectivity index (χ1v) is 5.31. The minimum atomic E-state index is 0.661. The molecule has 0 aliphatic rings. The summed E-state index contributed by atoms with van der Waals surface area (Å²) < 4.78 is 5.57. The molecule has 0 saturated carbocycles. The molecular formula is C13H14N2O. The van der Waals surface area contributed by atoms with Crippen molar-refractivity contribution in [3.8, 4) is 0 Å². The van der Waals surface area contributed by atoms with Crippen molar-refractivity contribution >= 4 is 0 Å². The molecule has 0 N–H and O–H groups in total. The summed E-state index contributed by atoms with van der Waals surface area (Å²) >= 11 is 0. The van der Waals surface area contributed by atoms with Gasteiger partial charge in [-0.3, -0.25) is 0 Å². The van der Waals surface area contributed by atoms with Crippen molar-refractivity contribution in [3.63, 3.8) is 0 Å². The van der Waals surface area contributed by atoms with Crippen molar-refractivity contribution in [1.29, 1.82) is 0 Å². The Hall–Kier alpha value is -1.74. The van der Waals surface area contributed by atoms with Gasteiger partial charge in [0.2, 0.25) is 0 Å². The van der Waals surface area contributed by atoms with Crippen LogP contribution in [0.3, 0.4) is 0 Å². The molecule has 0 spiro atoms. The maximum atomic E-state index is 5.57. The van der Waals surface area contributed by atoms with E-state index in [1.165, 1.54) is 11.9 Å². The highest BCUT2D eigenvalue weighted by Crippen LogP contribution is 2.01. The predicted molar refractivity (Wildman–Crippen MR) is 61.8 cm³/mol. The molecule has 82 valence electrons. The van der Waals surface area contributed by atoms with Gasteiger partial charge in [-0.25, -0.2) is 9.97 Å². The summed E-state index contributed by atoms with van der Waals surface area (Å²) in [7, 11) is 0. The van der Waals surface area contributed by atoms with Crippen LogP contribution in [0.2, 0.25) is 0 Å². The van der Waals surface area contributed by atoms with Crippen LogP contribution in [0.5, 0.6) is 0 Å². The number of hydrogen-bond donors (Lipinski definition) is 0. The lowest BCUT2D eigenvalue weighted by molar-refractivity contribution is 0.123. The molecule has 0 atom stereocenters. The van der Waals surface area contributed by atoms with Gasteiger partial charge in [0.15, 0.2) is 0 Å². The summed E-state index contributed by atoms with van der Waals surface area (Å²) in [5, 5.41) is 0. The van der Waals surface area contributed by atoms with Crippen molar-refractivity contribution in [3.05, 3.63) is 60.2 Å². The number of benzene rings is 1. The number of aromatic nitrogens is 2. The third-order valence-electron chi connectivity index (χ3n) is 2.26. The largest absolute Gasteiger partial charge is 0.376 e. The lowest BCUT2D eigenvalue weighted by Crippen LogP contribution is -1.99. The van der Waals surface area contributed by atoms with Gasteiger partial charge in [0.1, 0.15) is 6.33 Å². The lowest BCUT2D eigenvalue weighted by atomic mass is 10.2. The van der Waals surface area contributed by atoms with Crippen LogP contribution >= 0.6 is 0 Å².